The third kappa shape index (κ3) is 3.89. The predicted molar refractivity (Wildman–Crippen MR) is 114 cm³/mol. The molecule has 2 bridgehead atoms. The summed E-state index contributed by atoms with van der Waals surface area (Å²) in [6.45, 7) is 2.43. The van der Waals surface area contributed by atoms with E-state index in [1.807, 2.05) is 47.4 Å². The fourth-order valence-electron chi connectivity index (χ4n) is 4.95. The first-order chi connectivity index (χ1) is 15.1. The van der Waals surface area contributed by atoms with Crippen LogP contribution >= 0.6 is 0 Å². The van der Waals surface area contributed by atoms with Gasteiger partial charge in [-0.1, -0.05) is 36.4 Å². The zero-order valence-electron chi connectivity index (χ0n) is 17.3. The van der Waals surface area contributed by atoms with Gasteiger partial charge in [0.1, 0.15) is 12.4 Å². The van der Waals surface area contributed by atoms with Crippen LogP contribution in [0.15, 0.2) is 42.5 Å². The van der Waals surface area contributed by atoms with E-state index in [9.17, 15) is 14.7 Å². The number of anilines is 1. The van der Waals surface area contributed by atoms with Crippen molar-refractivity contribution >= 4 is 18.0 Å². The number of ether oxygens (including phenoxy) is 1. The molecule has 1 N–H and O–H groups in total. The number of rotatable bonds is 3. The highest BCUT2D eigenvalue weighted by Gasteiger charge is 2.42. The number of aromatic nitrogens is 1. The fourth-order valence-corrected chi connectivity index (χ4v) is 4.95. The molecule has 0 saturated carbocycles. The van der Waals surface area contributed by atoms with Crippen LogP contribution in [0.4, 0.5) is 15.4 Å². The van der Waals surface area contributed by atoms with E-state index in [0.717, 1.165) is 35.5 Å². The minimum atomic E-state index is -0.886. The summed E-state index contributed by atoms with van der Waals surface area (Å²) in [5, 5.41) is 9.23. The number of benzene rings is 1. The minimum absolute atomic E-state index is 0.229. The van der Waals surface area contributed by atoms with Crippen molar-refractivity contribution in [3.05, 3.63) is 59.3 Å². The van der Waals surface area contributed by atoms with E-state index in [2.05, 4.69) is 4.90 Å². The number of hydrogen-bond donors (Lipinski definition) is 1. The standard InChI is InChI=1S/C23H26N4O4/c28-22(29)25-11-10-20-17(12-25)6-9-21(24-20)27-18-7-8-19(27)14-26(13-18)23(30)31-15-16-4-2-1-3-5-16/h1-6,9,18-19H,7-8,10-15H2,(H,28,29). The summed E-state index contributed by atoms with van der Waals surface area (Å²) >= 11 is 0. The molecule has 3 aliphatic rings. The van der Waals surface area contributed by atoms with Gasteiger partial charge >= 0.3 is 12.2 Å². The molecule has 1 aromatic heterocycles. The highest BCUT2D eigenvalue weighted by molar-refractivity contribution is 5.69. The summed E-state index contributed by atoms with van der Waals surface area (Å²) in [7, 11) is 0. The number of carbonyl (C=O) groups excluding carboxylic acids is 1. The SMILES string of the molecule is O=C(O)N1CCc2nc(N3C4CCC3CN(C(=O)OCc3ccccc3)C4)ccc2C1. The average Bonchev–Trinajstić information content (AvgIpc) is 3.06. The van der Waals surface area contributed by atoms with Crippen molar-refractivity contribution in [3.63, 3.8) is 0 Å². The van der Waals surface area contributed by atoms with E-state index in [1.165, 1.54) is 4.90 Å². The Labute approximate surface area is 181 Å². The molecule has 4 heterocycles. The second-order valence-electron chi connectivity index (χ2n) is 8.47. The second-order valence-corrected chi connectivity index (χ2v) is 8.47. The molecule has 3 aliphatic heterocycles. The van der Waals surface area contributed by atoms with Crippen molar-refractivity contribution in [2.45, 2.75) is 44.5 Å². The molecule has 2 atom stereocenters. The zero-order chi connectivity index (χ0) is 21.4. The third-order valence-corrected chi connectivity index (χ3v) is 6.51. The Morgan fingerprint density at radius 3 is 2.48 bits per heavy atom. The molecule has 0 spiro atoms. The first-order valence-electron chi connectivity index (χ1n) is 10.8. The largest absolute Gasteiger partial charge is 0.465 e. The van der Waals surface area contributed by atoms with E-state index in [-0.39, 0.29) is 24.8 Å². The topological polar surface area (TPSA) is 86.2 Å². The highest BCUT2D eigenvalue weighted by Crippen LogP contribution is 2.35. The van der Waals surface area contributed by atoms with E-state index < -0.39 is 6.09 Å². The smallest absolute Gasteiger partial charge is 0.410 e. The molecular weight excluding hydrogens is 396 g/mol. The minimum Gasteiger partial charge on any atom is -0.465 e. The molecule has 2 fully saturated rings. The van der Waals surface area contributed by atoms with E-state index >= 15 is 0 Å². The van der Waals surface area contributed by atoms with Crippen LogP contribution < -0.4 is 4.90 Å². The number of nitrogens with zero attached hydrogens (tertiary/aromatic N) is 4. The van der Waals surface area contributed by atoms with Crippen molar-refractivity contribution in [3.8, 4) is 0 Å². The maximum Gasteiger partial charge on any atom is 0.410 e. The predicted octanol–water partition coefficient (Wildman–Crippen LogP) is 3.11. The van der Waals surface area contributed by atoms with Gasteiger partial charge in [-0.05, 0) is 30.0 Å². The van der Waals surface area contributed by atoms with Gasteiger partial charge in [-0.25, -0.2) is 14.6 Å². The first kappa shape index (κ1) is 19.7. The summed E-state index contributed by atoms with van der Waals surface area (Å²) in [6, 6.07) is 14.2. The Morgan fingerprint density at radius 2 is 1.77 bits per heavy atom. The summed E-state index contributed by atoms with van der Waals surface area (Å²) in [5.41, 5.74) is 2.95. The monoisotopic (exact) mass is 422 g/mol. The van der Waals surface area contributed by atoms with Crippen LogP contribution in [0, 0.1) is 0 Å². The van der Waals surface area contributed by atoms with Crippen LogP contribution in [0.3, 0.4) is 0 Å². The number of fused-ring (bicyclic) bond motifs is 3. The molecule has 2 saturated heterocycles. The molecule has 2 unspecified atom stereocenters. The van der Waals surface area contributed by atoms with Gasteiger partial charge in [-0.2, -0.15) is 0 Å². The Hall–Kier alpha value is -3.29. The summed E-state index contributed by atoms with van der Waals surface area (Å²) in [5.74, 6) is 0.937. The Balaban J connectivity index is 1.24. The van der Waals surface area contributed by atoms with Gasteiger partial charge in [0.05, 0.1) is 6.54 Å². The third-order valence-electron chi connectivity index (χ3n) is 6.51. The van der Waals surface area contributed by atoms with E-state index in [1.54, 1.807) is 0 Å². The molecule has 0 radical (unpaired) electrons. The molecule has 0 aliphatic carbocycles. The van der Waals surface area contributed by atoms with Crippen LogP contribution in [-0.2, 0) is 24.3 Å². The number of amides is 2. The van der Waals surface area contributed by atoms with Crippen molar-refractivity contribution < 1.29 is 19.4 Å². The average molecular weight is 422 g/mol. The van der Waals surface area contributed by atoms with Crippen molar-refractivity contribution in [2.75, 3.05) is 24.5 Å². The summed E-state index contributed by atoms with van der Waals surface area (Å²) in [6.07, 6.45) is 1.55. The van der Waals surface area contributed by atoms with Gasteiger partial charge in [0, 0.05) is 43.8 Å². The second kappa shape index (κ2) is 8.09. The van der Waals surface area contributed by atoms with E-state index in [4.69, 9.17) is 9.72 Å². The summed E-state index contributed by atoms with van der Waals surface area (Å²) in [4.78, 5) is 34.4. The van der Waals surface area contributed by atoms with Gasteiger partial charge in [-0.15, -0.1) is 0 Å². The number of pyridine rings is 1. The summed E-state index contributed by atoms with van der Waals surface area (Å²) < 4.78 is 5.54. The van der Waals surface area contributed by atoms with Gasteiger partial charge in [-0.3, -0.25) is 0 Å². The van der Waals surface area contributed by atoms with Crippen molar-refractivity contribution in [2.24, 2.45) is 0 Å². The van der Waals surface area contributed by atoms with Gasteiger partial charge in [0.25, 0.3) is 0 Å². The Bertz CT molecular complexity index is 969. The molecule has 31 heavy (non-hydrogen) atoms. The van der Waals surface area contributed by atoms with Crippen LogP contribution in [0.5, 0.6) is 0 Å². The normalized spacial score (nSPS) is 22.3. The maximum atomic E-state index is 12.6. The lowest BCUT2D eigenvalue weighted by Gasteiger charge is -2.41. The van der Waals surface area contributed by atoms with Crippen LogP contribution in [0.1, 0.15) is 29.7 Å². The number of carbonyl (C=O) groups is 2. The lowest BCUT2D eigenvalue weighted by atomic mass is 10.1. The Kier molecular flexibility index (Phi) is 5.13. The Morgan fingerprint density at radius 1 is 1.03 bits per heavy atom. The van der Waals surface area contributed by atoms with Crippen LogP contribution in [0.2, 0.25) is 0 Å². The molecule has 8 nitrogen and oxygen atoms in total. The van der Waals surface area contributed by atoms with Crippen LogP contribution in [-0.4, -0.2) is 63.8 Å². The quantitative estimate of drug-likeness (QED) is 0.818. The first-order valence-corrected chi connectivity index (χ1v) is 10.8. The molecule has 2 aromatic rings. The highest BCUT2D eigenvalue weighted by atomic mass is 16.6. The lowest BCUT2D eigenvalue weighted by molar-refractivity contribution is 0.0880. The zero-order valence-corrected chi connectivity index (χ0v) is 17.3. The molecule has 162 valence electrons. The van der Waals surface area contributed by atoms with Crippen molar-refractivity contribution in [1.82, 2.24) is 14.8 Å². The van der Waals surface area contributed by atoms with Crippen molar-refractivity contribution in [1.29, 1.82) is 0 Å². The fraction of sp³-hybridized carbons (Fsp3) is 0.435. The molecule has 5 rings (SSSR count). The number of carboxylic acid groups (broad SMARTS) is 1. The number of likely N-dealkylation sites (tertiary alicyclic amines) is 1. The maximum absolute atomic E-state index is 12.6. The molecule has 1 aromatic carbocycles. The number of hydrogen-bond acceptors (Lipinski definition) is 5. The van der Waals surface area contributed by atoms with Gasteiger partial charge in [0.15, 0.2) is 0 Å². The molecule has 8 heteroatoms. The van der Waals surface area contributed by atoms with Crippen LogP contribution in [0.25, 0.3) is 0 Å². The van der Waals surface area contributed by atoms with E-state index in [0.29, 0.717) is 32.6 Å². The molecular formula is C23H26N4O4. The lowest BCUT2D eigenvalue weighted by Crippen LogP contribution is -2.55. The van der Waals surface area contributed by atoms with Gasteiger partial charge in [0.2, 0.25) is 0 Å². The number of piperazine rings is 1. The molecule has 2 amide bonds. The van der Waals surface area contributed by atoms with Gasteiger partial charge < -0.3 is 24.5 Å².